The van der Waals surface area contributed by atoms with Gasteiger partial charge in [0.05, 0.1) is 0 Å². The van der Waals surface area contributed by atoms with E-state index in [1.165, 1.54) is 0 Å². The van der Waals surface area contributed by atoms with Gasteiger partial charge >= 0.3 is 6.01 Å². The molecule has 1 aromatic rings. The van der Waals surface area contributed by atoms with E-state index >= 15 is 0 Å². The smallest absolute Gasteiger partial charge is 0.320 e. The van der Waals surface area contributed by atoms with E-state index in [1.54, 1.807) is 0 Å². The first-order chi connectivity index (χ1) is 6.17. The van der Waals surface area contributed by atoms with Crippen molar-refractivity contribution in [3.8, 4) is 6.01 Å². The van der Waals surface area contributed by atoms with Crippen LogP contribution in [0, 0.1) is 0 Å². The van der Waals surface area contributed by atoms with E-state index in [2.05, 4.69) is 15.0 Å². The average Bonchev–Trinajstić information content (AvgIpc) is 2.04. The van der Waals surface area contributed by atoms with Crippen molar-refractivity contribution in [2.75, 3.05) is 18.0 Å². The minimum absolute atomic E-state index is 0.00870. The first-order valence-electron chi connectivity index (χ1n) is 4.02. The maximum Gasteiger partial charge on any atom is 0.320 e. The number of aromatic nitrogens is 3. The number of anilines is 1. The SMILES string of the molecule is CCN(CC)c1nc(O)nc(Cl)n1. The molecule has 0 fully saturated rings. The van der Waals surface area contributed by atoms with Gasteiger partial charge in [0.25, 0.3) is 0 Å². The maximum atomic E-state index is 9.06. The molecule has 0 aliphatic heterocycles. The van der Waals surface area contributed by atoms with Gasteiger partial charge in [-0.1, -0.05) is 0 Å². The lowest BCUT2D eigenvalue weighted by atomic mass is 10.5. The summed E-state index contributed by atoms with van der Waals surface area (Å²) >= 11 is 5.56. The summed E-state index contributed by atoms with van der Waals surface area (Å²) in [7, 11) is 0. The number of nitrogens with zero attached hydrogens (tertiary/aromatic N) is 4. The van der Waals surface area contributed by atoms with Crippen LogP contribution in [-0.2, 0) is 0 Å². The van der Waals surface area contributed by atoms with Crippen molar-refractivity contribution in [1.29, 1.82) is 0 Å². The third-order valence-corrected chi connectivity index (χ3v) is 1.80. The zero-order chi connectivity index (χ0) is 9.84. The van der Waals surface area contributed by atoms with Gasteiger partial charge in [0.1, 0.15) is 0 Å². The summed E-state index contributed by atoms with van der Waals surface area (Å²) in [5.74, 6) is 0.405. The van der Waals surface area contributed by atoms with Gasteiger partial charge < -0.3 is 10.0 Å². The molecule has 1 N–H and O–H groups in total. The minimum atomic E-state index is -0.345. The molecule has 1 heterocycles. The molecule has 5 nitrogen and oxygen atoms in total. The normalized spacial score (nSPS) is 10.1. The van der Waals surface area contributed by atoms with Crippen LogP contribution >= 0.6 is 11.6 Å². The number of hydrogen-bond donors (Lipinski definition) is 1. The van der Waals surface area contributed by atoms with Gasteiger partial charge in [0, 0.05) is 13.1 Å². The topological polar surface area (TPSA) is 62.1 Å². The predicted molar refractivity (Wildman–Crippen MR) is 50.1 cm³/mol. The summed E-state index contributed by atoms with van der Waals surface area (Å²) in [6.07, 6.45) is 0. The summed E-state index contributed by atoms with van der Waals surface area (Å²) in [5, 5.41) is 9.07. The zero-order valence-corrected chi connectivity index (χ0v) is 8.28. The van der Waals surface area contributed by atoms with Crippen LogP contribution in [0.4, 0.5) is 5.95 Å². The predicted octanol–water partition coefficient (Wildman–Crippen LogP) is 1.08. The van der Waals surface area contributed by atoms with E-state index in [0.717, 1.165) is 13.1 Å². The monoisotopic (exact) mass is 202 g/mol. The fraction of sp³-hybridized carbons (Fsp3) is 0.571. The van der Waals surface area contributed by atoms with Gasteiger partial charge in [-0.2, -0.15) is 15.0 Å². The molecule has 0 atom stereocenters. The third-order valence-electron chi connectivity index (χ3n) is 1.63. The Hall–Kier alpha value is -1.10. The first kappa shape index (κ1) is 9.98. The number of aromatic hydroxyl groups is 1. The van der Waals surface area contributed by atoms with Crippen molar-refractivity contribution < 1.29 is 5.11 Å². The Morgan fingerprint density at radius 2 is 1.85 bits per heavy atom. The fourth-order valence-corrected chi connectivity index (χ4v) is 1.13. The molecule has 72 valence electrons. The molecule has 0 aromatic carbocycles. The van der Waals surface area contributed by atoms with Gasteiger partial charge in [-0.25, -0.2) is 0 Å². The van der Waals surface area contributed by atoms with Gasteiger partial charge in [-0.3, -0.25) is 0 Å². The van der Waals surface area contributed by atoms with Gasteiger partial charge in [0.15, 0.2) is 0 Å². The highest BCUT2D eigenvalue weighted by atomic mass is 35.5. The van der Waals surface area contributed by atoms with Crippen LogP contribution in [0.2, 0.25) is 5.28 Å². The molecule has 1 aromatic heterocycles. The van der Waals surface area contributed by atoms with Crippen molar-refractivity contribution in [3.63, 3.8) is 0 Å². The molecule has 0 saturated carbocycles. The second-order valence-corrected chi connectivity index (χ2v) is 2.71. The zero-order valence-electron chi connectivity index (χ0n) is 7.53. The second kappa shape index (κ2) is 4.23. The molecule has 0 unspecified atom stereocenters. The molecule has 0 saturated heterocycles. The lowest BCUT2D eigenvalue weighted by Crippen LogP contribution is -2.24. The Bertz CT molecular complexity index is 270. The number of halogens is 1. The van der Waals surface area contributed by atoms with E-state index in [-0.39, 0.29) is 11.3 Å². The van der Waals surface area contributed by atoms with Crippen LogP contribution in [0.3, 0.4) is 0 Å². The van der Waals surface area contributed by atoms with Crippen LogP contribution in [0.25, 0.3) is 0 Å². The molecule has 0 bridgehead atoms. The van der Waals surface area contributed by atoms with Crippen LogP contribution < -0.4 is 4.90 Å². The Morgan fingerprint density at radius 3 is 2.31 bits per heavy atom. The van der Waals surface area contributed by atoms with Gasteiger partial charge in [0.2, 0.25) is 11.2 Å². The van der Waals surface area contributed by atoms with Crippen LogP contribution in [0.15, 0.2) is 0 Å². The van der Waals surface area contributed by atoms with Crippen molar-refractivity contribution in [3.05, 3.63) is 5.28 Å². The van der Waals surface area contributed by atoms with Crippen LogP contribution in [0.1, 0.15) is 13.8 Å². The van der Waals surface area contributed by atoms with Crippen molar-refractivity contribution in [1.82, 2.24) is 15.0 Å². The number of rotatable bonds is 3. The highest BCUT2D eigenvalue weighted by Gasteiger charge is 2.08. The van der Waals surface area contributed by atoms with Crippen LogP contribution in [-0.4, -0.2) is 33.1 Å². The average molecular weight is 203 g/mol. The lowest BCUT2D eigenvalue weighted by molar-refractivity contribution is 0.427. The summed E-state index contributed by atoms with van der Waals surface area (Å²) in [6.45, 7) is 5.46. The van der Waals surface area contributed by atoms with E-state index in [9.17, 15) is 0 Å². The molecule has 0 spiro atoms. The van der Waals surface area contributed by atoms with Gasteiger partial charge in [-0.15, -0.1) is 0 Å². The van der Waals surface area contributed by atoms with Crippen molar-refractivity contribution in [2.45, 2.75) is 13.8 Å². The van der Waals surface area contributed by atoms with Crippen LogP contribution in [0.5, 0.6) is 6.01 Å². The Kier molecular flexibility index (Phi) is 3.25. The molecule has 0 aliphatic rings. The van der Waals surface area contributed by atoms with E-state index < -0.39 is 0 Å². The molecule has 0 radical (unpaired) electrons. The van der Waals surface area contributed by atoms with E-state index in [0.29, 0.717) is 5.95 Å². The largest absolute Gasteiger partial charge is 0.479 e. The number of hydrogen-bond acceptors (Lipinski definition) is 5. The summed E-state index contributed by atoms with van der Waals surface area (Å²) in [4.78, 5) is 13.0. The summed E-state index contributed by atoms with van der Waals surface area (Å²) in [6, 6.07) is -0.345. The Morgan fingerprint density at radius 1 is 1.23 bits per heavy atom. The molecule has 0 amide bonds. The molecule has 0 aliphatic carbocycles. The first-order valence-corrected chi connectivity index (χ1v) is 4.40. The molecular weight excluding hydrogens is 192 g/mol. The molecule has 13 heavy (non-hydrogen) atoms. The second-order valence-electron chi connectivity index (χ2n) is 2.38. The standard InChI is InChI=1S/C7H11ClN4O/c1-3-12(4-2)6-9-5(8)10-7(13)11-6/h3-4H2,1-2H3,(H,9,10,11,13). The van der Waals surface area contributed by atoms with Crippen molar-refractivity contribution in [2.24, 2.45) is 0 Å². The quantitative estimate of drug-likeness (QED) is 0.795. The minimum Gasteiger partial charge on any atom is -0.479 e. The highest BCUT2D eigenvalue weighted by Crippen LogP contribution is 2.13. The summed E-state index contributed by atoms with van der Waals surface area (Å²) < 4.78 is 0. The maximum absolute atomic E-state index is 9.06. The Labute approximate surface area is 81.4 Å². The Balaban J connectivity index is 2.99. The molecular formula is C7H11ClN4O. The highest BCUT2D eigenvalue weighted by molar-refractivity contribution is 6.28. The van der Waals surface area contributed by atoms with E-state index in [4.69, 9.17) is 16.7 Å². The molecule has 6 heteroatoms. The molecule has 1 rings (SSSR count). The lowest BCUT2D eigenvalue weighted by Gasteiger charge is -2.17. The van der Waals surface area contributed by atoms with Crippen molar-refractivity contribution >= 4 is 17.5 Å². The fourth-order valence-electron chi connectivity index (χ4n) is 0.977. The van der Waals surface area contributed by atoms with E-state index in [1.807, 2.05) is 18.7 Å². The van der Waals surface area contributed by atoms with Gasteiger partial charge in [-0.05, 0) is 25.4 Å². The summed E-state index contributed by atoms with van der Waals surface area (Å²) in [5.41, 5.74) is 0. The third kappa shape index (κ3) is 2.42.